The Morgan fingerprint density at radius 3 is 2.54 bits per heavy atom. The topological polar surface area (TPSA) is 0 Å². The summed E-state index contributed by atoms with van der Waals surface area (Å²) in [5, 5.41) is 0. The second kappa shape index (κ2) is 4.19. The molecule has 0 amide bonds. The summed E-state index contributed by atoms with van der Waals surface area (Å²) in [5.74, 6) is 0. The van der Waals surface area contributed by atoms with Crippen molar-refractivity contribution in [1.82, 2.24) is 0 Å². The molecule has 1 aromatic rings. The van der Waals surface area contributed by atoms with Gasteiger partial charge in [-0.3, -0.25) is 0 Å². The summed E-state index contributed by atoms with van der Waals surface area (Å²) < 4.78 is 0. The van der Waals surface area contributed by atoms with Crippen molar-refractivity contribution in [1.29, 1.82) is 0 Å². The number of hydrogen-bond donors (Lipinski definition) is 1. The van der Waals surface area contributed by atoms with Gasteiger partial charge in [0.05, 0.1) is 0 Å². The fraction of sp³-hybridized carbons (Fsp3) is 0.500. The van der Waals surface area contributed by atoms with E-state index in [1.165, 1.54) is 54.5 Å². The Morgan fingerprint density at radius 1 is 0.923 bits per heavy atom. The van der Waals surface area contributed by atoms with E-state index >= 15 is 0 Å². The molecule has 0 aromatic heterocycles. The second-order valence-electron chi connectivity index (χ2n) is 3.83. The standard InChI is InChI=1S/C12H16S/c13-12-9-5-7-10-6-3-1-2-4-8-11(10)12/h5,7,9,13H,1-4,6,8H2. The molecule has 0 aliphatic heterocycles. The van der Waals surface area contributed by atoms with Crippen LogP contribution in [0.25, 0.3) is 0 Å². The zero-order chi connectivity index (χ0) is 9.10. The average molecular weight is 192 g/mol. The van der Waals surface area contributed by atoms with Crippen molar-refractivity contribution in [3.8, 4) is 0 Å². The maximum atomic E-state index is 4.52. The Labute approximate surface area is 85.8 Å². The fourth-order valence-corrected chi connectivity index (χ4v) is 2.46. The fourth-order valence-electron chi connectivity index (χ4n) is 2.11. The van der Waals surface area contributed by atoms with Crippen LogP contribution in [0.15, 0.2) is 23.1 Å². The lowest BCUT2D eigenvalue weighted by atomic mass is 9.93. The van der Waals surface area contributed by atoms with E-state index in [1.54, 1.807) is 0 Å². The third-order valence-corrected chi connectivity index (χ3v) is 3.29. The molecule has 0 unspecified atom stereocenters. The van der Waals surface area contributed by atoms with Crippen LogP contribution < -0.4 is 0 Å². The molecule has 1 heteroatoms. The van der Waals surface area contributed by atoms with Crippen LogP contribution in [0.3, 0.4) is 0 Å². The predicted octanol–water partition coefficient (Wildman–Crippen LogP) is 3.63. The zero-order valence-electron chi connectivity index (χ0n) is 7.92. The van der Waals surface area contributed by atoms with Crippen molar-refractivity contribution in [3.63, 3.8) is 0 Å². The molecular formula is C12H16S. The molecule has 13 heavy (non-hydrogen) atoms. The third-order valence-electron chi connectivity index (χ3n) is 2.87. The highest BCUT2D eigenvalue weighted by atomic mass is 32.1. The smallest absolute Gasteiger partial charge is 0.00747 e. The second-order valence-corrected chi connectivity index (χ2v) is 4.31. The summed E-state index contributed by atoms with van der Waals surface area (Å²) in [6, 6.07) is 6.51. The SMILES string of the molecule is Sc1cccc2c1CCCCCC2. The van der Waals surface area contributed by atoms with E-state index in [9.17, 15) is 0 Å². The summed E-state index contributed by atoms with van der Waals surface area (Å²) in [4.78, 5) is 1.19. The first kappa shape index (κ1) is 9.14. The number of hydrogen-bond acceptors (Lipinski definition) is 1. The Hall–Kier alpha value is -0.430. The predicted molar refractivity (Wildman–Crippen MR) is 59.6 cm³/mol. The number of aryl methyl sites for hydroxylation is 1. The van der Waals surface area contributed by atoms with Gasteiger partial charge in [-0.2, -0.15) is 0 Å². The van der Waals surface area contributed by atoms with Crippen LogP contribution >= 0.6 is 12.6 Å². The molecule has 0 bridgehead atoms. The van der Waals surface area contributed by atoms with Crippen LogP contribution in [0, 0.1) is 0 Å². The molecule has 2 rings (SSSR count). The van der Waals surface area contributed by atoms with Gasteiger partial charge in [0.25, 0.3) is 0 Å². The highest BCUT2D eigenvalue weighted by Crippen LogP contribution is 2.25. The Kier molecular flexibility index (Phi) is 2.94. The minimum atomic E-state index is 1.19. The number of rotatable bonds is 0. The molecular weight excluding hydrogens is 176 g/mol. The summed E-state index contributed by atoms with van der Waals surface area (Å²) >= 11 is 4.52. The van der Waals surface area contributed by atoms with Crippen LogP contribution in [0.2, 0.25) is 0 Å². The van der Waals surface area contributed by atoms with E-state index in [4.69, 9.17) is 0 Å². The van der Waals surface area contributed by atoms with Crippen LogP contribution in [0.4, 0.5) is 0 Å². The van der Waals surface area contributed by atoms with Crippen molar-refractivity contribution in [3.05, 3.63) is 29.3 Å². The van der Waals surface area contributed by atoms with Crippen molar-refractivity contribution < 1.29 is 0 Å². The maximum Gasteiger partial charge on any atom is 0.00747 e. The van der Waals surface area contributed by atoms with Crippen LogP contribution in [0.5, 0.6) is 0 Å². The van der Waals surface area contributed by atoms with E-state index in [-0.39, 0.29) is 0 Å². The highest BCUT2D eigenvalue weighted by molar-refractivity contribution is 7.80. The van der Waals surface area contributed by atoms with Gasteiger partial charge in [0.2, 0.25) is 0 Å². The molecule has 0 fully saturated rings. The van der Waals surface area contributed by atoms with Gasteiger partial charge in [0, 0.05) is 4.90 Å². The molecule has 0 nitrogen and oxygen atoms in total. The number of fused-ring (bicyclic) bond motifs is 1. The molecule has 70 valence electrons. The average Bonchev–Trinajstić information content (AvgIpc) is 2.07. The number of benzene rings is 1. The van der Waals surface area contributed by atoms with E-state index < -0.39 is 0 Å². The molecule has 0 atom stereocenters. The quantitative estimate of drug-likeness (QED) is 0.596. The summed E-state index contributed by atoms with van der Waals surface area (Å²) in [7, 11) is 0. The van der Waals surface area contributed by atoms with Crippen molar-refractivity contribution in [2.45, 2.75) is 43.4 Å². The van der Waals surface area contributed by atoms with Crippen molar-refractivity contribution in [2.75, 3.05) is 0 Å². The lowest BCUT2D eigenvalue weighted by molar-refractivity contribution is 0.612. The zero-order valence-corrected chi connectivity index (χ0v) is 8.82. The molecule has 1 aliphatic rings. The first-order valence-corrected chi connectivity index (χ1v) is 5.62. The Balaban J connectivity index is 2.33. The molecule has 1 aliphatic carbocycles. The third kappa shape index (κ3) is 2.08. The number of thiol groups is 1. The lowest BCUT2D eigenvalue weighted by Gasteiger charge is -2.14. The lowest BCUT2D eigenvalue weighted by Crippen LogP contribution is -2.00. The van der Waals surface area contributed by atoms with Gasteiger partial charge in [-0.25, -0.2) is 0 Å². The highest BCUT2D eigenvalue weighted by Gasteiger charge is 2.08. The minimum Gasteiger partial charge on any atom is -0.143 e. The molecule has 0 radical (unpaired) electrons. The molecule has 0 heterocycles. The summed E-state index contributed by atoms with van der Waals surface area (Å²) in [5.41, 5.74) is 3.04. The van der Waals surface area contributed by atoms with E-state index in [0.29, 0.717) is 0 Å². The molecule has 0 N–H and O–H groups in total. The van der Waals surface area contributed by atoms with E-state index in [0.717, 1.165) is 0 Å². The Bertz CT molecular complexity index is 291. The Morgan fingerprint density at radius 2 is 1.69 bits per heavy atom. The molecule has 1 aromatic carbocycles. The van der Waals surface area contributed by atoms with Gasteiger partial charge < -0.3 is 0 Å². The van der Waals surface area contributed by atoms with Gasteiger partial charge >= 0.3 is 0 Å². The molecule has 0 saturated heterocycles. The maximum absolute atomic E-state index is 4.52. The van der Waals surface area contributed by atoms with Gasteiger partial charge in [-0.05, 0) is 42.9 Å². The van der Waals surface area contributed by atoms with Gasteiger partial charge in [-0.15, -0.1) is 12.6 Å². The first-order chi connectivity index (χ1) is 6.38. The molecule has 0 spiro atoms. The summed E-state index contributed by atoms with van der Waals surface area (Å²) in [6.45, 7) is 0. The van der Waals surface area contributed by atoms with Gasteiger partial charge in [-0.1, -0.05) is 25.0 Å². The van der Waals surface area contributed by atoms with Crippen molar-refractivity contribution >= 4 is 12.6 Å². The minimum absolute atomic E-state index is 1.19. The molecule has 0 saturated carbocycles. The van der Waals surface area contributed by atoms with Gasteiger partial charge in [0.15, 0.2) is 0 Å². The van der Waals surface area contributed by atoms with Crippen LogP contribution in [-0.2, 0) is 12.8 Å². The van der Waals surface area contributed by atoms with Crippen LogP contribution in [0.1, 0.15) is 36.8 Å². The van der Waals surface area contributed by atoms with E-state index in [1.807, 2.05) is 0 Å². The monoisotopic (exact) mass is 192 g/mol. The largest absolute Gasteiger partial charge is 0.143 e. The van der Waals surface area contributed by atoms with Gasteiger partial charge in [0.1, 0.15) is 0 Å². The first-order valence-electron chi connectivity index (χ1n) is 5.17. The van der Waals surface area contributed by atoms with Crippen molar-refractivity contribution in [2.24, 2.45) is 0 Å². The van der Waals surface area contributed by atoms with E-state index in [2.05, 4.69) is 30.8 Å². The van der Waals surface area contributed by atoms with Crippen LogP contribution in [-0.4, -0.2) is 0 Å². The summed E-state index contributed by atoms with van der Waals surface area (Å²) in [6.07, 6.45) is 7.96. The normalized spacial score (nSPS) is 17.3.